The third-order valence-corrected chi connectivity index (χ3v) is 7.05. The molecule has 1 aliphatic heterocycles. The van der Waals surface area contributed by atoms with Gasteiger partial charge in [0.2, 0.25) is 5.91 Å². The van der Waals surface area contributed by atoms with Gasteiger partial charge in [0.25, 0.3) is 5.69 Å². The van der Waals surface area contributed by atoms with Gasteiger partial charge in [-0.05, 0) is 62.6 Å². The fraction of sp³-hybridized carbons (Fsp3) is 0.303. The van der Waals surface area contributed by atoms with Gasteiger partial charge < -0.3 is 24.6 Å². The molecule has 3 aromatic rings. The summed E-state index contributed by atoms with van der Waals surface area (Å²) in [5.41, 5.74) is 1.56. The molecule has 0 spiro atoms. The summed E-state index contributed by atoms with van der Waals surface area (Å²) in [4.78, 5) is 53.5. The number of ether oxygens (including phenoxy) is 2. The molecule has 11 nitrogen and oxygen atoms in total. The van der Waals surface area contributed by atoms with Crippen LogP contribution in [-0.4, -0.2) is 58.9 Å². The van der Waals surface area contributed by atoms with Gasteiger partial charge in [-0.2, -0.15) is 0 Å². The molecule has 11 heteroatoms. The molecule has 0 saturated heterocycles. The smallest absolute Gasteiger partial charge is 0.338 e. The van der Waals surface area contributed by atoms with Gasteiger partial charge in [-0.1, -0.05) is 42.5 Å². The number of para-hydroxylation sites is 1. The van der Waals surface area contributed by atoms with Gasteiger partial charge in [0.1, 0.15) is 11.5 Å². The number of allylic oxidation sites excluding steroid dienone is 1. The molecule has 0 aromatic heterocycles. The Bertz CT molecular complexity index is 1550. The largest absolute Gasteiger partial charge is 0.459 e. The summed E-state index contributed by atoms with van der Waals surface area (Å²) in [6.45, 7) is 5.54. The van der Waals surface area contributed by atoms with E-state index in [1.807, 2.05) is 54.6 Å². The molecule has 3 amide bonds. The summed E-state index contributed by atoms with van der Waals surface area (Å²) in [6, 6.07) is 21.2. The van der Waals surface area contributed by atoms with E-state index in [9.17, 15) is 24.5 Å². The molecule has 1 atom stereocenters. The lowest BCUT2D eigenvalue weighted by atomic mass is 9.93. The van der Waals surface area contributed by atoms with Crippen LogP contribution in [0.4, 0.5) is 10.5 Å². The Balaban J connectivity index is 1.46. The minimum Gasteiger partial charge on any atom is -0.459 e. The van der Waals surface area contributed by atoms with Crippen LogP contribution < -0.4 is 10.1 Å². The highest BCUT2D eigenvalue weighted by atomic mass is 16.6. The molecule has 0 radical (unpaired) electrons. The van der Waals surface area contributed by atoms with E-state index in [2.05, 4.69) is 5.32 Å². The standard InChI is InChI=1S/C33H36N4O7/c1-22(2)43-32(39)30-23(3)34-33(40)36(31(30)25-12-9-13-26(21-25)37(41)42)18-10-17-35(4)29(38)20-24-11-8-16-28(19-24)44-27-14-6-5-7-15-27/h5-9,11-16,19,21-22,31H,10,17-18,20H2,1-4H3,(H,34,40). The molecular weight excluding hydrogens is 564 g/mol. The number of non-ortho nitro benzene ring substituents is 1. The first-order valence-corrected chi connectivity index (χ1v) is 14.3. The van der Waals surface area contributed by atoms with Gasteiger partial charge in [0.05, 0.1) is 29.1 Å². The van der Waals surface area contributed by atoms with Gasteiger partial charge >= 0.3 is 12.0 Å². The Hall–Kier alpha value is -5.19. The maximum Gasteiger partial charge on any atom is 0.338 e. The van der Waals surface area contributed by atoms with E-state index in [4.69, 9.17) is 9.47 Å². The van der Waals surface area contributed by atoms with Crippen molar-refractivity contribution >= 4 is 23.6 Å². The van der Waals surface area contributed by atoms with Gasteiger partial charge in [-0.15, -0.1) is 0 Å². The van der Waals surface area contributed by atoms with Crippen LogP contribution in [0, 0.1) is 10.1 Å². The number of nitro benzene ring substituents is 1. The Labute approximate surface area is 256 Å². The molecule has 0 aliphatic carbocycles. The Morgan fingerprint density at radius 2 is 1.73 bits per heavy atom. The van der Waals surface area contributed by atoms with Crippen molar-refractivity contribution in [2.45, 2.75) is 45.8 Å². The van der Waals surface area contributed by atoms with Gasteiger partial charge in [0, 0.05) is 38.0 Å². The Morgan fingerprint density at radius 3 is 2.43 bits per heavy atom. The fourth-order valence-corrected chi connectivity index (χ4v) is 4.96. The lowest BCUT2D eigenvalue weighted by Crippen LogP contribution is -2.49. The van der Waals surface area contributed by atoms with Crippen molar-refractivity contribution in [2.24, 2.45) is 0 Å². The third-order valence-electron chi connectivity index (χ3n) is 7.05. The van der Waals surface area contributed by atoms with E-state index in [0.717, 1.165) is 5.56 Å². The number of esters is 1. The average Bonchev–Trinajstić information content (AvgIpc) is 2.98. The van der Waals surface area contributed by atoms with Crippen molar-refractivity contribution in [1.29, 1.82) is 0 Å². The summed E-state index contributed by atoms with van der Waals surface area (Å²) in [5.74, 6) is 0.591. The van der Waals surface area contributed by atoms with Gasteiger partial charge in [-0.3, -0.25) is 14.9 Å². The summed E-state index contributed by atoms with van der Waals surface area (Å²) in [5, 5.41) is 14.2. The number of nitrogens with zero attached hydrogens (tertiary/aromatic N) is 3. The molecule has 1 unspecified atom stereocenters. The Kier molecular flexibility index (Phi) is 10.3. The number of benzene rings is 3. The zero-order valence-electron chi connectivity index (χ0n) is 25.2. The van der Waals surface area contributed by atoms with Crippen LogP contribution in [0.2, 0.25) is 0 Å². The molecule has 1 heterocycles. The van der Waals surface area contributed by atoms with Crippen molar-refractivity contribution < 1.29 is 28.8 Å². The predicted molar refractivity (Wildman–Crippen MR) is 164 cm³/mol. The molecule has 1 aliphatic rings. The van der Waals surface area contributed by atoms with Crippen LogP contribution in [0.15, 0.2) is 90.1 Å². The second-order valence-electron chi connectivity index (χ2n) is 10.8. The molecular formula is C33H36N4O7. The van der Waals surface area contributed by atoms with Crippen LogP contribution in [0.5, 0.6) is 11.5 Å². The van der Waals surface area contributed by atoms with Crippen molar-refractivity contribution in [2.75, 3.05) is 20.1 Å². The van der Waals surface area contributed by atoms with Crippen LogP contribution >= 0.6 is 0 Å². The number of likely N-dealkylation sites (N-methyl/N-ethyl adjacent to an activating group) is 1. The zero-order valence-corrected chi connectivity index (χ0v) is 25.2. The highest BCUT2D eigenvalue weighted by Crippen LogP contribution is 2.36. The predicted octanol–water partition coefficient (Wildman–Crippen LogP) is 5.77. The molecule has 230 valence electrons. The second kappa shape index (κ2) is 14.3. The van der Waals surface area contributed by atoms with Crippen LogP contribution in [0.25, 0.3) is 0 Å². The third kappa shape index (κ3) is 8.00. The number of carbonyl (C=O) groups excluding carboxylic acids is 3. The maximum atomic E-state index is 13.2. The second-order valence-corrected chi connectivity index (χ2v) is 10.8. The van der Waals surface area contributed by atoms with E-state index in [0.29, 0.717) is 35.7 Å². The van der Waals surface area contributed by atoms with Crippen LogP contribution in [-0.2, 0) is 20.7 Å². The topological polar surface area (TPSA) is 131 Å². The van der Waals surface area contributed by atoms with Crippen LogP contribution in [0.1, 0.15) is 44.4 Å². The number of rotatable bonds is 12. The van der Waals surface area contributed by atoms with Crippen molar-refractivity contribution in [3.63, 3.8) is 0 Å². The minimum absolute atomic E-state index is 0.114. The van der Waals surface area contributed by atoms with E-state index >= 15 is 0 Å². The molecule has 44 heavy (non-hydrogen) atoms. The maximum absolute atomic E-state index is 13.2. The molecule has 4 rings (SSSR count). The lowest BCUT2D eigenvalue weighted by molar-refractivity contribution is -0.384. The minimum atomic E-state index is -0.914. The number of nitro groups is 1. The average molecular weight is 601 g/mol. The normalized spacial score (nSPS) is 14.7. The van der Waals surface area contributed by atoms with E-state index in [1.165, 1.54) is 23.1 Å². The number of amides is 3. The first kappa shape index (κ1) is 31.7. The number of carbonyl (C=O) groups is 3. The number of hydrogen-bond donors (Lipinski definition) is 1. The monoisotopic (exact) mass is 600 g/mol. The van der Waals surface area contributed by atoms with Crippen molar-refractivity contribution in [3.8, 4) is 11.5 Å². The number of hydrogen-bond acceptors (Lipinski definition) is 7. The number of nitrogens with one attached hydrogen (secondary N) is 1. The summed E-state index contributed by atoms with van der Waals surface area (Å²) < 4.78 is 11.4. The molecule has 0 saturated carbocycles. The van der Waals surface area contributed by atoms with Crippen molar-refractivity contribution in [3.05, 3.63) is 111 Å². The summed E-state index contributed by atoms with van der Waals surface area (Å²) >= 11 is 0. The van der Waals surface area contributed by atoms with Crippen molar-refractivity contribution in [1.82, 2.24) is 15.1 Å². The molecule has 3 aromatic carbocycles. The molecule has 0 fully saturated rings. The lowest BCUT2D eigenvalue weighted by Gasteiger charge is -2.38. The van der Waals surface area contributed by atoms with E-state index in [1.54, 1.807) is 38.8 Å². The van der Waals surface area contributed by atoms with E-state index in [-0.39, 0.29) is 30.1 Å². The van der Waals surface area contributed by atoms with Gasteiger partial charge in [0.15, 0.2) is 0 Å². The van der Waals surface area contributed by atoms with Crippen LogP contribution in [0.3, 0.4) is 0 Å². The quantitative estimate of drug-likeness (QED) is 0.159. The SMILES string of the molecule is CC1=C(C(=O)OC(C)C)C(c2cccc([N+](=O)[O-])c2)N(CCCN(C)C(=O)Cc2cccc(Oc3ccccc3)c2)C(=O)N1. The fourth-order valence-electron chi connectivity index (χ4n) is 4.96. The first-order valence-electron chi connectivity index (χ1n) is 14.3. The zero-order chi connectivity index (χ0) is 31.8. The first-order chi connectivity index (χ1) is 21.0. The highest BCUT2D eigenvalue weighted by Gasteiger charge is 2.39. The van der Waals surface area contributed by atoms with Gasteiger partial charge in [-0.25, -0.2) is 9.59 Å². The summed E-state index contributed by atoms with van der Waals surface area (Å²) in [6.07, 6.45) is 0.143. The van der Waals surface area contributed by atoms with E-state index < -0.39 is 29.1 Å². The number of urea groups is 1. The Morgan fingerprint density at radius 1 is 1.02 bits per heavy atom. The summed E-state index contributed by atoms with van der Waals surface area (Å²) in [7, 11) is 1.69. The molecule has 0 bridgehead atoms. The molecule has 1 N–H and O–H groups in total. The highest BCUT2D eigenvalue weighted by molar-refractivity contribution is 5.95.